The molecule has 0 radical (unpaired) electrons. The fraction of sp³-hybridized carbons (Fsp3) is 0.625. The second kappa shape index (κ2) is 6.35. The number of carbonyl (C=O) groups excluding carboxylic acids is 1. The van der Waals surface area contributed by atoms with Crippen molar-refractivity contribution in [3.63, 3.8) is 0 Å². The van der Waals surface area contributed by atoms with E-state index < -0.39 is 5.60 Å². The minimum absolute atomic E-state index is 0.0132. The second-order valence-corrected chi connectivity index (χ2v) is 6.90. The Hall–Kier alpha value is -2.22. The first-order valence-electron chi connectivity index (χ1n) is 8.23. The molecule has 2 atom stereocenters. The first-order chi connectivity index (χ1) is 11.3. The van der Waals surface area contributed by atoms with E-state index in [0.29, 0.717) is 11.5 Å². The quantitative estimate of drug-likeness (QED) is 0.882. The van der Waals surface area contributed by atoms with Gasteiger partial charge in [-0.05, 0) is 33.6 Å². The summed E-state index contributed by atoms with van der Waals surface area (Å²) in [5.41, 5.74) is -0.234. The third kappa shape index (κ3) is 3.48. The number of hydrogen-bond donors (Lipinski definition) is 2. The van der Waals surface area contributed by atoms with E-state index in [4.69, 9.17) is 4.52 Å². The zero-order valence-electron chi connectivity index (χ0n) is 14.2. The maximum atomic E-state index is 12.3. The highest BCUT2D eigenvalue weighted by Crippen LogP contribution is 2.29. The standard InChI is InChI=1S/C16H23N5O3/c1-10-8-12(19-24-10)15(22)17-11-6-4-5-7-13(11)21-9-14(18-20-21)16(2,3)23/h8-9,11,13,23H,4-7H2,1-3H3,(H,17,22)/t11-,13+/m0/s1. The van der Waals surface area contributed by atoms with Crippen molar-refractivity contribution in [2.24, 2.45) is 0 Å². The summed E-state index contributed by atoms with van der Waals surface area (Å²) in [7, 11) is 0. The lowest BCUT2D eigenvalue weighted by Gasteiger charge is -2.31. The zero-order chi connectivity index (χ0) is 17.3. The molecule has 1 aliphatic carbocycles. The summed E-state index contributed by atoms with van der Waals surface area (Å²) in [4.78, 5) is 12.3. The number of hydrogen-bond acceptors (Lipinski definition) is 6. The van der Waals surface area contributed by atoms with E-state index in [1.165, 1.54) is 0 Å². The van der Waals surface area contributed by atoms with E-state index in [-0.39, 0.29) is 23.7 Å². The molecule has 0 aromatic carbocycles. The van der Waals surface area contributed by atoms with Gasteiger partial charge in [-0.1, -0.05) is 23.2 Å². The van der Waals surface area contributed by atoms with Crippen molar-refractivity contribution in [2.45, 2.75) is 64.1 Å². The monoisotopic (exact) mass is 333 g/mol. The number of nitrogens with zero attached hydrogens (tertiary/aromatic N) is 4. The van der Waals surface area contributed by atoms with Crippen LogP contribution in [-0.2, 0) is 5.60 Å². The molecule has 0 bridgehead atoms. The predicted molar refractivity (Wildman–Crippen MR) is 85.3 cm³/mol. The van der Waals surface area contributed by atoms with Crippen LogP contribution in [-0.4, -0.2) is 37.2 Å². The Labute approximate surface area is 140 Å². The molecule has 0 unspecified atom stereocenters. The van der Waals surface area contributed by atoms with Crippen LogP contribution in [0.1, 0.15) is 67.5 Å². The smallest absolute Gasteiger partial charge is 0.273 e. The molecule has 1 fully saturated rings. The van der Waals surface area contributed by atoms with Crippen LogP contribution in [0.3, 0.4) is 0 Å². The summed E-state index contributed by atoms with van der Waals surface area (Å²) in [6.45, 7) is 5.10. The van der Waals surface area contributed by atoms with Gasteiger partial charge in [-0.15, -0.1) is 5.10 Å². The fourth-order valence-corrected chi connectivity index (χ4v) is 3.03. The van der Waals surface area contributed by atoms with Crippen molar-refractivity contribution in [3.05, 3.63) is 29.4 Å². The average Bonchev–Trinajstić information content (AvgIpc) is 3.16. The number of aromatic nitrogens is 4. The normalized spacial score (nSPS) is 21.7. The van der Waals surface area contributed by atoms with Gasteiger partial charge in [-0.2, -0.15) is 0 Å². The number of rotatable bonds is 4. The summed E-state index contributed by atoms with van der Waals surface area (Å²) < 4.78 is 6.72. The molecule has 3 rings (SSSR count). The molecule has 0 spiro atoms. The van der Waals surface area contributed by atoms with Gasteiger partial charge < -0.3 is 14.9 Å². The maximum Gasteiger partial charge on any atom is 0.273 e. The molecule has 1 aliphatic rings. The molecular formula is C16H23N5O3. The second-order valence-electron chi connectivity index (χ2n) is 6.90. The lowest BCUT2D eigenvalue weighted by molar-refractivity contribution is 0.0735. The summed E-state index contributed by atoms with van der Waals surface area (Å²) >= 11 is 0. The molecule has 0 saturated heterocycles. The molecule has 130 valence electrons. The van der Waals surface area contributed by atoms with Crippen molar-refractivity contribution in [2.75, 3.05) is 0 Å². The van der Waals surface area contributed by atoms with E-state index in [1.54, 1.807) is 37.7 Å². The van der Waals surface area contributed by atoms with Crippen LogP contribution in [0.5, 0.6) is 0 Å². The number of aliphatic hydroxyl groups is 1. The van der Waals surface area contributed by atoms with Crippen LogP contribution in [0, 0.1) is 6.92 Å². The molecular weight excluding hydrogens is 310 g/mol. The summed E-state index contributed by atoms with van der Waals surface area (Å²) in [5, 5.41) is 25.1. The van der Waals surface area contributed by atoms with Gasteiger partial charge in [0.2, 0.25) is 0 Å². The van der Waals surface area contributed by atoms with Gasteiger partial charge in [0.15, 0.2) is 5.69 Å². The largest absolute Gasteiger partial charge is 0.384 e. The van der Waals surface area contributed by atoms with Crippen molar-refractivity contribution < 1.29 is 14.4 Å². The lowest BCUT2D eigenvalue weighted by atomic mass is 9.90. The number of carbonyl (C=O) groups is 1. The van der Waals surface area contributed by atoms with Gasteiger partial charge in [-0.3, -0.25) is 4.79 Å². The van der Waals surface area contributed by atoms with Crippen molar-refractivity contribution in [1.29, 1.82) is 0 Å². The molecule has 1 saturated carbocycles. The Kier molecular flexibility index (Phi) is 4.40. The summed E-state index contributed by atoms with van der Waals surface area (Å²) in [5.74, 6) is 0.359. The maximum absolute atomic E-state index is 12.3. The molecule has 1 amide bonds. The van der Waals surface area contributed by atoms with Gasteiger partial charge in [0.1, 0.15) is 17.1 Å². The summed E-state index contributed by atoms with van der Waals surface area (Å²) in [6.07, 6.45) is 5.64. The summed E-state index contributed by atoms with van der Waals surface area (Å²) in [6, 6.07) is 1.58. The van der Waals surface area contributed by atoms with Crippen LogP contribution < -0.4 is 5.32 Å². The van der Waals surface area contributed by atoms with E-state index in [9.17, 15) is 9.90 Å². The van der Waals surface area contributed by atoms with Crippen LogP contribution in [0.4, 0.5) is 0 Å². The highest BCUT2D eigenvalue weighted by Gasteiger charge is 2.31. The van der Waals surface area contributed by atoms with Crippen LogP contribution >= 0.6 is 0 Å². The Morgan fingerprint density at radius 1 is 1.42 bits per heavy atom. The van der Waals surface area contributed by atoms with E-state index in [0.717, 1.165) is 25.7 Å². The van der Waals surface area contributed by atoms with Crippen molar-refractivity contribution >= 4 is 5.91 Å². The minimum Gasteiger partial charge on any atom is -0.384 e. The number of nitrogens with one attached hydrogen (secondary N) is 1. The number of amides is 1. The zero-order valence-corrected chi connectivity index (χ0v) is 14.2. The van der Waals surface area contributed by atoms with E-state index >= 15 is 0 Å². The van der Waals surface area contributed by atoms with Crippen molar-refractivity contribution in [1.82, 2.24) is 25.5 Å². The van der Waals surface area contributed by atoms with Gasteiger partial charge in [0, 0.05) is 6.07 Å². The van der Waals surface area contributed by atoms with Crippen LogP contribution in [0.15, 0.2) is 16.8 Å². The van der Waals surface area contributed by atoms with Gasteiger partial charge >= 0.3 is 0 Å². The number of aryl methyl sites for hydroxylation is 1. The first-order valence-corrected chi connectivity index (χ1v) is 8.23. The lowest BCUT2D eigenvalue weighted by Crippen LogP contribution is -2.43. The van der Waals surface area contributed by atoms with Gasteiger partial charge in [0.25, 0.3) is 5.91 Å². The molecule has 8 heteroatoms. The van der Waals surface area contributed by atoms with E-state index in [2.05, 4.69) is 20.8 Å². The first kappa shape index (κ1) is 16.6. The Morgan fingerprint density at radius 2 is 2.17 bits per heavy atom. The molecule has 2 N–H and O–H groups in total. The molecule has 2 heterocycles. The predicted octanol–water partition coefficient (Wildman–Crippen LogP) is 1.72. The Morgan fingerprint density at radius 3 is 2.79 bits per heavy atom. The third-order valence-electron chi connectivity index (χ3n) is 4.38. The average molecular weight is 333 g/mol. The molecule has 0 aliphatic heterocycles. The minimum atomic E-state index is -1.04. The highest BCUT2D eigenvalue weighted by molar-refractivity contribution is 5.92. The molecule has 8 nitrogen and oxygen atoms in total. The SMILES string of the molecule is Cc1cc(C(=O)N[C@H]2CCCC[C@H]2n2cc(C(C)(C)O)nn2)no1. The Bertz CT molecular complexity index is 715. The Balaban J connectivity index is 1.76. The topological polar surface area (TPSA) is 106 Å². The third-order valence-corrected chi connectivity index (χ3v) is 4.38. The van der Waals surface area contributed by atoms with E-state index in [1.807, 2.05) is 0 Å². The van der Waals surface area contributed by atoms with Crippen molar-refractivity contribution in [3.8, 4) is 0 Å². The van der Waals surface area contributed by atoms with Crippen LogP contribution in [0.25, 0.3) is 0 Å². The van der Waals surface area contributed by atoms with Gasteiger partial charge in [0.05, 0.1) is 18.3 Å². The molecule has 2 aromatic rings. The highest BCUT2D eigenvalue weighted by atomic mass is 16.5. The molecule has 2 aromatic heterocycles. The molecule has 24 heavy (non-hydrogen) atoms. The van der Waals surface area contributed by atoms with Crippen LogP contribution in [0.2, 0.25) is 0 Å². The van der Waals surface area contributed by atoms with Gasteiger partial charge in [-0.25, -0.2) is 4.68 Å². The fourth-order valence-electron chi connectivity index (χ4n) is 3.03.